The van der Waals surface area contributed by atoms with Gasteiger partial charge in [0.05, 0.1) is 5.56 Å². The van der Waals surface area contributed by atoms with Crippen molar-refractivity contribution in [3.8, 4) is 10.6 Å². The molecule has 0 amide bonds. The van der Waals surface area contributed by atoms with Crippen molar-refractivity contribution in [2.75, 3.05) is 25.1 Å². The van der Waals surface area contributed by atoms with E-state index in [0.717, 1.165) is 85.8 Å². The molecule has 8 heteroatoms. The summed E-state index contributed by atoms with van der Waals surface area (Å²) in [6.45, 7) is 1.89. The Labute approximate surface area is 180 Å². The maximum Gasteiger partial charge on any atom is 0.151 e. The van der Waals surface area contributed by atoms with Crippen LogP contribution in [0.1, 0.15) is 56.4 Å². The lowest BCUT2D eigenvalue weighted by Gasteiger charge is -2.51. The number of nitrogens with one attached hydrogen (secondary N) is 1. The van der Waals surface area contributed by atoms with Gasteiger partial charge in [-0.25, -0.2) is 4.98 Å². The van der Waals surface area contributed by atoms with Crippen LogP contribution in [-0.2, 0) is 10.2 Å². The van der Waals surface area contributed by atoms with Crippen molar-refractivity contribution in [3.05, 3.63) is 22.4 Å². The number of rotatable bonds is 5. The van der Waals surface area contributed by atoms with Gasteiger partial charge in [0.2, 0.25) is 0 Å². The normalized spacial score (nSPS) is 29.9. The fourth-order valence-electron chi connectivity index (χ4n) is 5.15. The molecule has 156 valence electrons. The van der Waals surface area contributed by atoms with E-state index in [4.69, 9.17) is 16.3 Å². The third-order valence-corrected chi connectivity index (χ3v) is 8.71. The van der Waals surface area contributed by atoms with E-state index in [-0.39, 0.29) is 10.8 Å². The van der Waals surface area contributed by atoms with Gasteiger partial charge in [-0.2, -0.15) is 0 Å². The number of hydrogen-bond acceptors (Lipinski definition) is 7. The Morgan fingerprint density at radius 2 is 1.86 bits per heavy atom. The standard InChI is InChI=1S/C21H27ClN4O2S/c22-17-11-16(24-14-1-9-28-10-2-14)15(12-23-17)18-25-26-19(29-18)21-6-3-20(13-27,4-7-21)5-8-21/h11-12,14,27H,1-10,13H2,(H,23,24). The first-order chi connectivity index (χ1) is 14.1. The zero-order chi connectivity index (χ0) is 19.9. The topological polar surface area (TPSA) is 80.2 Å². The molecule has 0 unspecified atom stereocenters. The number of pyridine rings is 1. The summed E-state index contributed by atoms with van der Waals surface area (Å²) in [4.78, 5) is 4.31. The van der Waals surface area contributed by atoms with Gasteiger partial charge in [0.15, 0.2) is 5.01 Å². The van der Waals surface area contributed by atoms with Gasteiger partial charge in [-0.15, -0.1) is 10.2 Å². The number of anilines is 1. The molecule has 2 aromatic rings. The summed E-state index contributed by atoms with van der Waals surface area (Å²) in [5.74, 6) is 0. The second kappa shape index (κ2) is 7.76. The van der Waals surface area contributed by atoms with E-state index in [1.807, 2.05) is 12.3 Å². The number of nitrogens with zero attached hydrogens (tertiary/aromatic N) is 3. The molecule has 1 saturated heterocycles. The molecule has 1 aliphatic heterocycles. The highest BCUT2D eigenvalue weighted by Crippen LogP contribution is 2.58. The Balaban J connectivity index is 1.41. The molecule has 3 saturated carbocycles. The van der Waals surface area contributed by atoms with Crippen molar-refractivity contribution in [2.24, 2.45) is 5.41 Å². The number of hydrogen-bond donors (Lipinski definition) is 2. The smallest absolute Gasteiger partial charge is 0.151 e. The second-order valence-corrected chi connectivity index (χ2v) is 10.3. The molecule has 6 nitrogen and oxygen atoms in total. The van der Waals surface area contributed by atoms with Crippen LogP contribution in [0.15, 0.2) is 12.3 Å². The van der Waals surface area contributed by atoms with E-state index >= 15 is 0 Å². The zero-order valence-corrected chi connectivity index (χ0v) is 18.1. The lowest BCUT2D eigenvalue weighted by atomic mass is 9.54. The predicted octanol–water partition coefficient (Wildman–Crippen LogP) is 4.43. The van der Waals surface area contributed by atoms with Crippen LogP contribution in [0.3, 0.4) is 0 Å². The number of fused-ring (bicyclic) bond motifs is 3. The molecule has 2 aromatic heterocycles. The predicted molar refractivity (Wildman–Crippen MR) is 115 cm³/mol. The summed E-state index contributed by atoms with van der Waals surface area (Å²) in [5.41, 5.74) is 2.25. The van der Waals surface area contributed by atoms with Crippen molar-refractivity contribution >= 4 is 28.6 Å². The third-order valence-electron chi connectivity index (χ3n) is 7.30. The summed E-state index contributed by atoms with van der Waals surface area (Å²) in [7, 11) is 0. The Hall–Kier alpha value is -1.28. The van der Waals surface area contributed by atoms with Crippen molar-refractivity contribution in [3.63, 3.8) is 0 Å². The molecule has 6 rings (SSSR count). The van der Waals surface area contributed by atoms with Gasteiger partial charge in [0, 0.05) is 43.2 Å². The van der Waals surface area contributed by atoms with Crippen LogP contribution < -0.4 is 5.32 Å². The van der Waals surface area contributed by atoms with Gasteiger partial charge in [-0.3, -0.25) is 0 Å². The summed E-state index contributed by atoms with van der Waals surface area (Å²) in [6.07, 6.45) is 10.4. The second-order valence-electron chi connectivity index (χ2n) is 8.93. The van der Waals surface area contributed by atoms with Crippen LogP contribution in [0.4, 0.5) is 5.69 Å². The van der Waals surface area contributed by atoms with Gasteiger partial charge in [-0.05, 0) is 62.8 Å². The van der Waals surface area contributed by atoms with Crippen LogP contribution in [0.5, 0.6) is 0 Å². The zero-order valence-electron chi connectivity index (χ0n) is 16.5. The minimum Gasteiger partial charge on any atom is -0.396 e. The molecule has 29 heavy (non-hydrogen) atoms. The number of halogens is 1. The van der Waals surface area contributed by atoms with Crippen molar-refractivity contribution in [1.29, 1.82) is 0 Å². The van der Waals surface area contributed by atoms with Crippen LogP contribution in [-0.4, -0.2) is 46.2 Å². The van der Waals surface area contributed by atoms with E-state index < -0.39 is 0 Å². The first-order valence-electron chi connectivity index (χ1n) is 10.6. The molecular weight excluding hydrogens is 408 g/mol. The van der Waals surface area contributed by atoms with Crippen molar-refractivity contribution < 1.29 is 9.84 Å². The molecule has 0 radical (unpaired) electrons. The van der Waals surface area contributed by atoms with E-state index in [2.05, 4.69) is 20.5 Å². The van der Waals surface area contributed by atoms with Gasteiger partial charge in [0.25, 0.3) is 0 Å². The minimum atomic E-state index is 0.140. The van der Waals surface area contributed by atoms with Gasteiger partial charge < -0.3 is 15.2 Å². The van der Waals surface area contributed by atoms with Gasteiger partial charge >= 0.3 is 0 Å². The van der Waals surface area contributed by atoms with E-state index in [0.29, 0.717) is 17.8 Å². The van der Waals surface area contributed by atoms with Crippen LogP contribution >= 0.6 is 22.9 Å². The molecule has 2 bridgehead atoms. The maximum atomic E-state index is 9.80. The average molecular weight is 435 g/mol. The lowest BCUT2D eigenvalue weighted by molar-refractivity contribution is -0.00713. The molecule has 0 atom stereocenters. The largest absolute Gasteiger partial charge is 0.396 e. The Kier molecular flexibility index (Phi) is 5.26. The molecule has 4 fully saturated rings. The van der Waals surface area contributed by atoms with E-state index in [9.17, 15) is 5.11 Å². The minimum absolute atomic E-state index is 0.140. The molecule has 0 spiro atoms. The Bertz CT molecular complexity index is 859. The van der Waals surface area contributed by atoms with Crippen LogP contribution in [0, 0.1) is 5.41 Å². The maximum absolute atomic E-state index is 9.80. The number of aliphatic hydroxyl groups excluding tert-OH is 1. The molecule has 4 aliphatic rings. The van der Waals surface area contributed by atoms with Gasteiger partial charge in [-0.1, -0.05) is 22.9 Å². The highest BCUT2D eigenvalue weighted by atomic mass is 35.5. The van der Waals surface area contributed by atoms with Crippen LogP contribution in [0.2, 0.25) is 5.15 Å². The van der Waals surface area contributed by atoms with E-state index in [1.54, 1.807) is 11.3 Å². The summed E-state index contributed by atoms with van der Waals surface area (Å²) < 4.78 is 5.47. The highest BCUT2D eigenvalue weighted by Gasteiger charge is 2.50. The molecular formula is C21H27ClN4O2S. The number of ether oxygens (including phenoxy) is 1. The number of aliphatic hydroxyl groups is 1. The van der Waals surface area contributed by atoms with E-state index in [1.165, 1.54) is 0 Å². The fraction of sp³-hybridized carbons (Fsp3) is 0.667. The molecule has 2 N–H and O–H groups in total. The fourth-order valence-corrected chi connectivity index (χ4v) is 6.45. The molecule has 3 heterocycles. The van der Waals surface area contributed by atoms with Gasteiger partial charge in [0.1, 0.15) is 10.2 Å². The number of aromatic nitrogens is 3. The summed E-state index contributed by atoms with van der Waals surface area (Å²) >= 11 is 7.89. The van der Waals surface area contributed by atoms with Crippen LogP contribution in [0.25, 0.3) is 10.6 Å². The van der Waals surface area contributed by atoms with Crippen molar-refractivity contribution in [2.45, 2.75) is 62.8 Å². The molecule has 3 aliphatic carbocycles. The van der Waals surface area contributed by atoms with Crippen molar-refractivity contribution in [1.82, 2.24) is 15.2 Å². The summed E-state index contributed by atoms with van der Waals surface area (Å²) in [6, 6.07) is 2.26. The lowest BCUT2D eigenvalue weighted by Crippen LogP contribution is -2.45. The Morgan fingerprint density at radius 3 is 2.55 bits per heavy atom. The monoisotopic (exact) mass is 434 g/mol. The Morgan fingerprint density at radius 1 is 1.14 bits per heavy atom. The SMILES string of the molecule is OCC12CCC(c3nnc(-c4cnc(Cl)cc4NC4CCOCC4)s3)(CC1)CC2. The first-order valence-corrected chi connectivity index (χ1v) is 11.8. The average Bonchev–Trinajstić information content (AvgIpc) is 3.27. The third kappa shape index (κ3) is 3.67. The highest BCUT2D eigenvalue weighted by molar-refractivity contribution is 7.14. The quantitative estimate of drug-likeness (QED) is 0.677. The summed E-state index contributed by atoms with van der Waals surface area (Å²) in [5, 5.41) is 25.2. The first kappa shape index (κ1) is 19.7. The molecule has 0 aromatic carbocycles.